The summed E-state index contributed by atoms with van der Waals surface area (Å²) in [7, 11) is 2.02. The second-order valence-corrected chi connectivity index (χ2v) is 5.64. The van der Waals surface area contributed by atoms with E-state index < -0.39 is 0 Å². The number of fused-ring (bicyclic) bond motifs is 2. The number of hydrogen-bond donors (Lipinski definition) is 3. The van der Waals surface area contributed by atoms with Crippen molar-refractivity contribution in [1.82, 2.24) is 10.4 Å². The molecule has 0 radical (unpaired) electrons. The van der Waals surface area contributed by atoms with Crippen LogP contribution in [0.2, 0.25) is 0 Å². The molecule has 1 aliphatic carbocycles. The zero-order valence-electron chi connectivity index (χ0n) is 11.7. The van der Waals surface area contributed by atoms with Gasteiger partial charge in [0.2, 0.25) is 0 Å². The Balaban J connectivity index is 1.77. The molecular weight excluding hydrogens is 264 g/mol. The lowest BCUT2D eigenvalue weighted by Gasteiger charge is -2.24. The molecule has 4 rings (SSSR count). The van der Waals surface area contributed by atoms with Gasteiger partial charge in [-0.25, -0.2) is 5.01 Å². The highest BCUT2D eigenvalue weighted by atomic mass is 16.3. The Morgan fingerprint density at radius 2 is 1.76 bits per heavy atom. The molecule has 0 saturated heterocycles. The maximum Gasteiger partial charge on any atom is 0.115 e. The fraction of sp³-hybridized carbons (Fsp3) is 0.176. The first-order valence-electron chi connectivity index (χ1n) is 6.97. The maximum atomic E-state index is 9.65. The zero-order chi connectivity index (χ0) is 14.6. The molecule has 0 spiro atoms. The SMILES string of the molecule is CN1NC2=C(Cc3cc(O)ccc32)C1c1ccc(O)cc1. The number of phenols is 2. The minimum atomic E-state index is 0.148. The minimum absolute atomic E-state index is 0.148. The lowest BCUT2D eigenvalue weighted by atomic mass is 9.97. The molecule has 1 atom stereocenters. The standard InChI is InChI=1S/C17H16N2O2/c1-19-17(10-2-4-12(20)5-3-10)15-9-11-8-13(21)6-7-14(11)16(15)18-19/h2-8,17-18,20-21H,9H2,1H3. The van der Waals surface area contributed by atoms with Crippen LogP contribution >= 0.6 is 0 Å². The van der Waals surface area contributed by atoms with Crippen molar-refractivity contribution in [3.8, 4) is 11.5 Å². The summed E-state index contributed by atoms with van der Waals surface area (Å²) in [6.45, 7) is 0. The van der Waals surface area contributed by atoms with Crippen molar-refractivity contribution >= 4 is 5.70 Å². The van der Waals surface area contributed by atoms with Gasteiger partial charge < -0.3 is 15.6 Å². The third kappa shape index (κ3) is 1.80. The highest BCUT2D eigenvalue weighted by Gasteiger charge is 2.36. The number of likely N-dealkylation sites (N-methyl/N-ethyl adjacent to an activating group) is 1. The average Bonchev–Trinajstić information content (AvgIpc) is 2.94. The number of phenolic OH excluding ortho intramolecular Hbond substituents is 2. The lowest BCUT2D eigenvalue weighted by molar-refractivity contribution is 0.251. The van der Waals surface area contributed by atoms with Gasteiger partial charge in [-0.3, -0.25) is 0 Å². The Morgan fingerprint density at radius 1 is 1.05 bits per heavy atom. The van der Waals surface area contributed by atoms with Crippen LogP contribution in [0, 0.1) is 0 Å². The molecule has 1 unspecified atom stereocenters. The van der Waals surface area contributed by atoms with E-state index >= 15 is 0 Å². The Bertz CT molecular complexity index is 750. The van der Waals surface area contributed by atoms with Gasteiger partial charge in [0.25, 0.3) is 0 Å². The van der Waals surface area contributed by atoms with E-state index in [1.54, 1.807) is 18.2 Å². The van der Waals surface area contributed by atoms with E-state index in [1.165, 1.54) is 5.57 Å². The van der Waals surface area contributed by atoms with Gasteiger partial charge >= 0.3 is 0 Å². The van der Waals surface area contributed by atoms with Gasteiger partial charge in [-0.1, -0.05) is 12.1 Å². The molecule has 3 N–H and O–H groups in total. The molecule has 2 aromatic rings. The van der Waals surface area contributed by atoms with Crippen LogP contribution < -0.4 is 5.43 Å². The Labute approximate surface area is 122 Å². The summed E-state index contributed by atoms with van der Waals surface area (Å²) in [5.74, 6) is 0.589. The predicted molar refractivity (Wildman–Crippen MR) is 80.5 cm³/mol. The molecule has 1 heterocycles. The number of nitrogens with zero attached hydrogens (tertiary/aromatic N) is 1. The number of benzene rings is 2. The van der Waals surface area contributed by atoms with Crippen LogP contribution in [0.25, 0.3) is 5.70 Å². The fourth-order valence-electron chi connectivity index (χ4n) is 3.36. The normalized spacial score (nSPS) is 20.3. The smallest absolute Gasteiger partial charge is 0.115 e. The van der Waals surface area contributed by atoms with Crippen LogP contribution in [0.3, 0.4) is 0 Å². The Kier molecular flexibility index (Phi) is 2.50. The van der Waals surface area contributed by atoms with Gasteiger partial charge in [-0.2, -0.15) is 0 Å². The summed E-state index contributed by atoms with van der Waals surface area (Å²) in [5, 5.41) is 21.2. The molecule has 106 valence electrons. The van der Waals surface area contributed by atoms with Crippen LogP contribution in [-0.2, 0) is 6.42 Å². The summed E-state index contributed by atoms with van der Waals surface area (Å²) in [5.41, 5.74) is 9.34. The molecule has 0 bridgehead atoms. The van der Waals surface area contributed by atoms with Crippen LogP contribution in [0.1, 0.15) is 22.7 Å². The van der Waals surface area contributed by atoms with Crippen molar-refractivity contribution in [1.29, 1.82) is 0 Å². The number of aromatic hydroxyl groups is 2. The van der Waals surface area contributed by atoms with E-state index in [0.717, 1.165) is 28.8 Å². The first kappa shape index (κ1) is 12.3. The van der Waals surface area contributed by atoms with Gasteiger partial charge in [0.1, 0.15) is 11.5 Å². The van der Waals surface area contributed by atoms with Gasteiger partial charge in [-0.05, 0) is 53.5 Å². The first-order valence-corrected chi connectivity index (χ1v) is 6.97. The number of hydrazine groups is 1. The maximum absolute atomic E-state index is 9.65. The largest absolute Gasteiger partial charge is 0.508 e. The lowest BCUT2D eigenvalue weighted by Crippen LogP contribution is -2.31. The molecule has 4 nitrogen and oxygen atoms in total. The third-order valence-electron chi connectivity index (χ3n) is 4.27. The molecule has 2 aromatic carbocycles. The van der Waals surface area contributed by atoms with E-state index in [1.807, 2.05) is 31.3 Å². The highest BCUT2D eigenvalue weighted by Crippen LogP contribution is 2.45. The Morgan fingerprint density at radius 3 is 2.52 bits per heavy atom. The van der Waals surface area contributed by atoms with Crippen molar-refractivity contribution in [2.45, 2.75) is 12.5 Å². The van der Waals surface area contributed by atoms with E-state index in [2.05, 4.69) is 10.4 Å². The number of rotatable bonds is 1. The summed E-state index contributed by atoms with van der Waals surface area (Å²) in [6.07, 6.45) is 0.835. The van der Waals surface area contributed by atoms with Crippen LogP contribution in [0.15, 0.2) is 48.0 Å². The summed E-state index contributed by atoms with van der Waals surface area (Å²) < 4.78 is 0. The molecule has 4 heteroatoms. The van der Waals surface area contributed by atoms with Gasteiger partial charge in [0.15, 0.2) is 0 Å². The molecule has 0 saturated carbocycles. The third-order valence-corrected chi connectivity index (χ3v) is 4.27. The van der Waals surface area contributed by atoms with Gasteiger partial charge in [-0.15, -0.1) is 0 Å². The highest BCUT2D eigenvalue weighted by molar-refractivity contribution is 5.78. The monoisotopic (exact) mass is 280 g/mol. The molecular formula is C17H16N2O2. The van der Waals surface area contributed by atoms with Gasteiger partial charge in [0.05, 0.1) is 11.7 Å². The Hall–Kier alpha value is -2.46. The number of hydrogen-bond acceptors (Lipinski definition) is 4. The van der Waals surface area contributed by atoms with Crippen molar-refractivity contribution in [3.05, 3.63) is 64.7 Å². The first-order chi connectivity index (χ1) is 10.1. The summed E-state index contributed by atoms with van der Waals surface area (Å²) in [4.78, 5) is 0. The van der Waals surface area contributed by atoms with Gasteiger partial charge in [0, 0.05) is 12.6 Å². The van der Waals surface area contributed by atoms with E-state index in [0.29, 0.717) is 5.75 Å². The molecule has 0 amide bonds. The second kappa shape index (κ2) is 4.27. The second-order valence-electron chi connectivity index (χ2n) is 5.64. The minimum Gasteiger partial charge on any atom is -0.508 e. The van der Waals surface area contributed by atoms with Crippen LogP contribution in [0.5, 0.6) is 11.5 Å². The molecule has 2 aliphatic rings. The van der Waals surface area contributed by atoms with Crippen LogP contribution in [0.4, 0.5) is 0 Å². The van der Waals surface area contributed by atoms with Crippen molar-refractivity contribution in [2.24, 2.45) is 0 Å². The molecule has 21 heavy (non-hydrogen) atoms. The molecule has 0 fully saturated rings. The quantitative estimate of drug-likeness (QED) is 0.751. The average molecular weight is 280 g/mol. The van der Waals surface area contributed by atoms with Crippen molar-refractivity contribution in [3.63, 3.8) is 0 Å². The van der Waals surface area contributed by atoms with Crippen molar-refractivity contribution in [2.75, 3.05) is 7.05 Å². The van der Waals surface area contributed by atoms with E-state index in [-0.39, 0.29) is 11.8 Å². The van der Waals surface area contributed by atoms with Crippen LogP contribution in [-0.4, -0.2) is 22.3 Å². The summed E-state index contributed by atoms with van der Waals surface area (Å²) >= 11 is 0. The van der Waals surface area contributed by atoms with Crippen molar-refractivity contribution < 1.29 is 10.2 Å². The topological polar surface area (TPSA) is 55.7 Å². The van der Waals surface area contributed by atoms with E-state index in [9.17, 15) is 10.2 Å². The summed E-state index contributed by atoms with van der Waals surface area (Å²) in [6, 6.07) is 13.0. The predicted octanol–water partition coefficient (Wildman–Crippen LogP) is 2.56. The number of nitrogens with one attached hydrogen (secondary N) is 1. The molecule has 1 aliphatic heterocycles. The zero-order valence-corrected chi connectivity index (χ0v) is 11.7. The van der Waals surface area contributed by atoms with E-state index in [4.69, 9.17) is 0 Å². The fourth-order valence-corrected chi connectivity index (χ4v) is 3.36. The molecule has 0 aromatic heterocycles.